The van der Waals surface area contributed by atoms with E-state index in [1.54, 1.807) is 13.8 Å². The topological polar surface area (TPSA) is 52.6 Å². The molecule has 0 aromatic carbocycles. The molecule has 0 aromatic rings. The van der Waals surface area contributed by atoms with E-state index in [1.165, 1.54) is 0 Å². The third-order valence-corrected chi connectivity index (χ3v) is 2.82. The quantitative estimate of drug-likeness (QED) is 0.692. The van der Waals surface area contributed by atoms with E-state index in [0.29, 0.717) is 12.6 Å². The van der Waals surface area contributed by atoms with Crippen molar-refractivity contribution in [2.75, 3.05) is 26.2 Å². The molecular formula is C10H20N2O2. The predicted octanol–water partition coefficient (Wildman–Crippen LogP) is 0.391. The average molecular weight is 200 g/mol. The predicted molar refractivity (Wildman–Crippen MR) is 55.3 cm³/mol. The van der Waals surface area contributed by atoms with Gasteiger partial charge in [-0.1, -0.05) is 0 Å². The molecule has 82 valence electrons. The molecule has 0 saturated carbocycles. The highest BCUT2D eigenvalue weighted by Crippen LogP contribution is 2.19. The number of carboxylic acids is 1. The van der Waals surface area contributed by atoms with Crippen molar-refractivity contribution in [2.24, 2.45) is 5.41 Å². The number of nitrogens with zero attached hydrogens (tertiary/aromatic N) is 1. The third kappa shape index (κ3) is 2.69. The summed E-state index contributed by atoms with van der Waals surface area (Å²) >= 11 is 0. The van der Waals surface area contributed by atoms with E-state index >= 15 is 0 Å². The Morgan fingerprint density at radius 3 is 2.79 bits per heavy atom. The maximum absolute atomic E-state index is 11.0. The normalized spacial score (nSPS) is 24.9. The Bertz CT molecular complexity index is 216. The molecule has 1 aliphatic heterocycles. The van der Waals surface area contributed by atoms with Crippen LogP contribution in [0, 0.1) is 5.41 Å². The standard InChI is InChI=1S/C10H20N2O2/c1-8-6-11-4-5-12(8)7-10(2,3)9(13)14/h8,11H,4-7H2,1-3H3,(H,13,14)/t8-/m0/s1. The molecule has 14 heavy (non-hydrogen) atoms. The zero-order valence-corrected chi connectivity index (χ0v) is 9.21. The van der Waals surface area contributed by atoms with Gasteiger partial charge in [0.05, 0.1) is 5.41 Å². The summed E-state index contributed by atoms with van der Waals surface area (Å²) in [6, 6.07) is 0.433. The average Bonchev–Trinajstić information content (AvgIpc) is 2.08. The Labute approximate surface area is 85.3 Å². The van der Waals surface area contributed by atoms with Crippen LogP contribution in [0.2, 0.25) is 0 Å². The Kier molecular flexibility index (Phi) is 3.50. The monoisotopic (exact) mass is 200 g/mol. The van der Waals surface area contributed by atoms with Crippen molar-refractivity contribution in [1.29, 1.82) is 0 Å². The Morgan fingerprint density at radius 1 is 1.64 bits per heavy atom. The van der Waals surface area contributed by atoms with Crippen LogP contribution in [0.5, 0.6) is 0 Å². The number of aliphatic carboxylic acids is 1. The molecule has 0 aliphatic carbocycles. The molecule has 4 heteroatoms. The third-order valence-electron chi connectivity index (χ3n) is 2.82. The van der Waals surface area contributed by atoms with E-state index in [9.17, 15) is 4.79 Å². The van der Waals surface area contributed by atoms with Crippen molar-refractivity contribution >= 4 is 5.97 Å². The van der Waals surface area contributed by atoms with Gasteiger partial charge in [0, 0.05) is 32.2 Å². The van der Waals surface area contributed by atoms with Crippen LogP contribution in [0.3, 0.4) is 0 Å². The number of carboxylic acid groups (broad SMARTS) is 1. The number of hydrogen-bond donors (Lipinski definition) is 2. The van der Waals surface area contributed by atoms with Crippen molar-refractivity contribution in [3.05, 3.63) is 0 Å². The van der Waals surface area contributed by atoms with Gasteiger partial charge in [0.15, 0.2) is 0 Å². The second-order valence-corrected chi connectivity index (χ2v) is 4.71. The summed E-state index contributed by atoms with van der Waals surface area (Å²) in [6.07, 6.45) is 0. The summed E-state index contributed by atoms with van der Waals surface area (Å²) in [5, 5.41) is 12.3. The first-order valence-corrected chi connectivity index (χ1v) is 5.11. The van der Waals surface area contributed by atoms with Gasteiger partial charge >= 0.3 is 5.97 Å². The smallest absolute Gasteiger partial charge is 0.310 e. The van der Waals surface area contributed by atoms with Crippen LogP contribution in [0.1, 0.15) is 20.8 Å². The molecule has 0 bridgehead atoms. The van der Waals surface area contributed by atoms with Crippen molar-refractivity contribution < 1.29 is 9.90 Å². The summed E-state index contributed by atoms with van der Waals surface area (Å²) in [4.78, 5) is 13.2. The van der Waals surface area contributed by atoms with Gasteiger partial charge in [0.25, 0.3) is 0 Å². The van der Waals surface area contributed by atoms with Crippen LogP contribution in [0.25, 0.3) is 0 Å². The van der Waals surface area contributed by atoms with Gasteiger partial charge in [0.2, 0.25) is 0 Å². The second kappa shape index (κ2) is 4.28. The maximum atomic E-state index is 11.0. The summed E-state index contributed by atoms with van der Waals surface area (Å²) < 4.78 is 0. The van der Waals surface area contributed by atoms with Crippen molar-refractivity contribution in [3.63, 3.8) is 0 Å². The van der Waals surface area contributed by atoms with E-state index in [2.05, 4.69) is 17.1 Å². The van der Waals surface area contributed by atoms with E-state index in [1.807, 2.05) is 0 Å². The molecule has 0 radical (unpaired) electrons. The van der Waals surface area contributed by atoms with Gasteiger partial charge in [0.1, 0.15) is 0 Å². The first-order chi connectivity index (χ1) is 6.43. The molecule has 0 unspecified atom stereocenters. The molecule has 0 amide bonds. The zero-order valence-electron chi connectivity index (χ0n) is 9.21. The lowest BCUT2D eigenvalue weighted by molar-refractivity contribution is -0.148. The van der Waals surface area contributed by atoms with Gasteiger partial charge < -0.3 is 10.4 Å². The SMILES string of the molecule is C[C@H]1CNCCN1CC(C)(C)C(=O)O. The highest BCUT2D eigenvalue weighted by molar-refractivity contribution is 5.73. The molecule has 1 atom stereocenters. The van der Waals surface area contributed by atoms with Crippen LogP contribution in [-0.4, -0.2) is 48.2 Å². The molecule has 1 heterocycles. The van der Waals surface area contributed by atoms with Crippen LogP contribution in [0.15, 0.2) is 0 Å². The fraction of sp³-hybridized carbons (Fsp3) is 0.900. The minimum atomic E-state index is -0.719. The van der Waals surface area contributed by atoms with Crippen molar-refractivity contribution in [3.8, 4) is 0 Å². The molecule has 1 aliphatic rings. The van der Waals surface area contributed by atoms with Gasteiger partial charge in [-0.2, -0.15) is 0 Å². The molecule has 4 nitrogen and oxygen atoms in total. The minimum Gasteiger partial charge on any atom is -0.481 e. The number of nitrogens with one attached hydrogen (secondary N) is 1. The zero-order chi connectivity index (χ0) is 10.8. The Hall–Kier alpha value is -0.610. The molecule has 1 rings (SSSR count). The Morgan fingerprint density at radius 2 is 2.29 bits per heavy atom. The number of piperazine rings is 1. The highest BCUT2D eigenvalue weighted by Gasteiger charge is 2.32. The molecule has 0 spiro atoms. The number of rotatable bonds is 3. The number of carbonyl (C=O) groups is 1. The maximum Gasteiger partial charge on any atom is 0.310 e. The van der Waals surface area contributed by atoms with Crippen LogP contribution < -0.4 is 5.32 Å². The molecular weight excluding hydrogens is 180 g/mol. The van der Waals surface area contributed by atoms with Gasteiger partial charge in [-0.3, -0.25) is 9.69 Å². The van der Waals surface area contributed by atoms with Crippen LogP contribution in [-0.2, 0) is 4.79 Å². The molecule has 0 aromatic heterocycles. The molecule has 1 fully saturated rings. The van der Waals surface area contributed by atoms with Gasteiger partial charge in [-0.05, 0) is 20.8 Å². The lowest BCUT2D eigenvalue weighted by Gasteiger charge is -2.37. The number of hydrogen-bond acceptors (Lipinski definition) is 3. The Balaban J connectivity index is 2.53. The van der Waals surface area contributed by atoms with Gasteiger partial charge in [-0.25, -0.2) is 0 Å². The van der Waals surface area contributed by atoms with E-state index in [0.717, 1.165) is 19.6 Å². The fourth-order valence-electron chi connectivity index (χ4n) is 1.69. The van der Waals surface area contributed by atoms with E-state index in [-0.39, 0.29) is 0 Å². The van der Waals surface area contributed by atoms with Gasteiger partial charge in [-0.15, -0.1) is 0 Å². The minimum absolute atomic E-state index is 0.433. The second-order valence-electron chi connectivity index (χ2n) is 4.71. The summed E-state index contributed by atoms with van der Waals surface area (Å²) in [7, 11) is 0. The van der Waals surface area contributed by atoms with Crippen molar-refractivity contribution in [1.82, 2.24) is 10.2 Å². The van der Waals surface area contributed by atoms with Crippen LogP contribution in [0.4, 0.5) is 0 Å². The lowest BCUT2D eigenvalue weighted by atomic mass is 9.92. The van der Waals surface area contributed by atoms with E-state index < -0.39 is 11.4 Å². The summed E-state index contributed by atoms with van der Waals surface area (Å²) in [5.74, 6) is -0.719. The fourth-order valence-corrected chi connectivity index (χ4v) is 1.69. The van der Waals surface area contributed by atoms with Crippen LogP contribution >= 0.6 is 0 Å². The molecule has 2 N–H and O–H groups in total. The first-order valence-electron chi connectivity index (χ1n) is 5.11. The highest BCUT2D eigenvalue weighted by atomic mass is 16.4. The first kappa shape index (κ1) is 11.5. The summed E-state index contributed by atoms with van der Waals surface area (Å²) in [6.45, 7) is 9.18. The summed E-state index contributed by atoms with van der Waals surface area (Å²) in [5.41, 5.74) is -0.647. The largest absolute Gasteiger partial charge is 0.481 e. The lowest BCUT2D eigenvalue weighted by Crippen LogP contribution is -2.53. The molecule has 1 saturated heterocycles. The van der Waals surface area contributed by atoms with E-state index in [4.69, 9.17) is 5.11 Å². The van der Waals surface area contributed by atoms with Crippen molar-refractivity contribution in [2.45, 2.75) is 26.8 Å².